The zero-order valence-electron chi connectivity index (χ0n) is 17.1. The maximum absolute atomic E-state index is 12.7. The van der Waals surface area contributed by atoms with Crippen LogP contribution in [0.2, 0.25) is 0 Å². The number of hydrogen-bond donors (Lipinski definition) is 0. The fourth-order valence-corrected chi connectivity index (χ4v) is 2.59. The summed E-state index contributed by atoms with van der Waals surface area (Å²) in [5.74, 6) is -1.98. The molecule has 2 rings (SSSR count). The molecule has 156 valence electrons. The van der Waals surface area contributed by atoms with Crippen LogP contribution >= 0.6 is 0 Å². The second-order valence-electron chi connectivity index (χ2n) is 6.15. The molecule has 0 aliphatic carbocycles. The number of ether oxygens (including phenoxy) is 3. The third-order valence-corrected chi connectivity index (χ3v) is 3.99. The lowest BCUT2D eigenvalue weighted by Crippen LogP contribution is -2.17. The Bertz CT molecular complexity index is 929. The molecule has 0 unspecified atom stereocenters. The molecular formula is C24H24O6. The van der Waals surface area contributed by atoms with Gasteiger partial charge in [-0.15, -0.1) is 0 Å². The highest BCUT2D eigenvalue weighted by molar-refractivity contribution is 6.02. The molecule has 0 atom stereocenters. The van der Waals surface area contributed by atoms with Crippen LogP contribution in [0.3, 0.4) is 0 Å². The van der Waals surface area contributed by atoms with Crippen LogP contribution < -0.4 is 0 Å². The lowest BCUT2D eigenvalue weighted by atomic mass is 10.0. The van der Waals surface area contributed by atoms with Gasteiger partial charge in [-0.25, -0.2) is 14.4 Å². The minimum Gasteiger partial charge on any atom is -0.463 e. The molecule has 0 saturated carbocycles. The van der Waals surface area contributed by atoms with Crippen LogP contribution in [0.4, 0.5) is 0 Å². The van der Waals surface area contributed by atoms with Gasteiger partial charge < -0.3 is 14.2 Å². The number of benzene rings is 2. The van der Waals surface area contributed by atoms with Crippen LogP contribution in [0.15, 0.2) is 78.4 Å². The van der Waals surface area contributed by atoms with Crippen LogP contribution in [0.1, 0.15) is 36.2 Å². The van der Waals surface area contributed by atoms with Crippen LogP contribution in [-0.4, -0.2) is 31.1 Å². The Morgan fingerprint density at radius 1 is 0.767 bits per heavy atom. The topological polar surface area (TPSA) is 78.9 Å². The Hall–Kier alpha value is -3.67. The Balaban J connectivity index is 2.53. The van der Waals surface area contributed by atoms with E-state index in [-0.39, 0.29) is 36.5 Å². The first-order chi connectivity index (χ1) is 14.5. The van der Waals surface area contributed by atoms with Crippen molar-refractivity contribution in [1.82, 2.24) is 0 Å². The predicted octanol–water partition coefficient (Wildman–Crippen LogP) is 4.33. The van der Waals surface area contributed by atoms with Crippen LogP contribution in [-0.2, 0) is 23.8 Å². The second kappa shape index (κ2) is 11.4. The molecule has 0 aromatic heterocycles. The zero-order valence-corrected chi connectivity index (χ0v) is 17.1. The molecule has 2 aromatic carbocycles. The molecule has 0 aliphatic heterocycles. The van der Waals surface area contributed by atoms with Gasteiger partial charge in [0.2, 0.25) is 0 Å². The molecule has 0 aliphatic rings. The molecule has 0 N–H and O–H groups in total. The largest absolute Gasteiger partial charge is 0.463 e. The summed E-state index contributed by atoms with van der Waals surface area (Å²) in [6.07, 6.45) is -0.191. The smallest absolute Gasteiger partial charge is 0.343 e. The summed E-state index contributed by atoms with van der Waals surface area (Å²) in [6.45, 7) is 7.33. The Morgan fingerprint density at radius 3 is 1.80 bits per heavy atom. The van der Waals surface area contributed by atoms with E-state index in [2.05, 4.69) is 6.58 Å². The molecule has 0 amide bonds. The molecule has 0 spiro atoms. The molecule has 0 radical (unpaired) electrons. The highest BCUT2D eigenvalue weighted by Crippen LogP contribution is 2.27. The van der Waals surface area contributed by atoms with E-state index >= 15 is 0 Å². The average Bonchev–Trinajstić information content (AvgIpc) is 2.77. The maximum atomic E-state index is 12.7. The van der Waals surface area contributed by atoms with Gasteiger partial charge in [-0.1, -0.05) is 55.1 Å². The standard InChI is InChI=1S/C24H24O6/c1-4-28-22(25)17(3)16-20(24(27)29-5-2)21(18-12-8-6-9-13-18)30-23(26)19-14-10-7-11-15-19/h6-15H,3-5,16H2,1-2H3/b21-20-. The van der Waals surface area contributed by atoms with Gasteiger partial charge in [0.15, 0.2) is 0 Å². The first-order valence-electron chi connectivity index (χ1n) is 9.55. The van der Waals surface area contributed by atoms with Crippen molar-refractivity contribution in [3.8, 4) is 0 Å². The van der Waals surface area contributed by atoms with Crippen molar-refractivity contribution in [3.63, 3.8) is 0 Å². The Kier molecular flexibility index (Phi) is 8.56. The maximum Gasteiger partial charge on any atom is 0.343 e. The lowest BCUT2D eigenvalue weighted by Gasteiger charge is -2.16. The van der Waals surface area contributed by atoms with Crippen molar-refractivity contribution in [2.75, 3.05) is 13.2 Å². The fourth-order valence-electron chi connectivity index (χ4n) is 2.59. The third-order valence-electron chi connectivity index (χ3n) is 3.99. The second-order valence-corrected chi connectivity index (χ2v) is 6.15. The highest BCUT2D eigenvalue weighted by atomic mass is 16.5. The summed E-state index contributed by atoms with van der Waals surface area (Å²) in [5.41, 5.74) is 0.856. The van der Waals surface area contributed by atoms with Crippen molar-refractivity contribution in [1.29, 1.82) is 0 Å². The third kappa shape index (κ3) is 6.17. The molecular weight excluding hydrogens is 384 g/mol. The van der Waals surface area contributed by atoms with Crippen molar-refractivity contribution < 1.29 is 28.6 Å². The van der Waals surface area contributed by atoms with Crippen LogP contribution in [0, 0.1) is 0 Å². The lowest BCUT2D eigenvalue weighted by molar-refractivity contribution is -0.139. The SMILES string of the molecule is C=C(C/C(C(=O)OCC)=C(/OC(=O)c1ccccc1)c1ccccc1)C(=O)OCC. The van der Waals surface area contributed by atoms with Gasteiger partial charge in [0.1, 0.15) is 5.76 Å². The van der Waals surface area contributed by atoms with E-state index in [0.29, 0.717) is 11.1 Å². The van der Waals surface area contributed by atoms with E-state index in [1.54, 1.807) is 74.5 Å². The van der Waals surface area contributed by atoms with Crippen LogP contribution in [0.25, 0.3) is 5.76 Å². The van der Waals surface area contributed by atoms with E-state index in [4.69, 9.17) is 14.2 Å². The highest BCUT2D eigenvalue weighted by Gasteiger charge is 2.25. The van der Waals surface area contributed by atoms with Gasteiger partial charge in [0.05, 0.1) is 24.4 Å². The van der Waals surface area contributed by atoms with Gasteiger partial charge in [-0.2, -0.15) is 0 Å². The van der Waals surface area contributed by atoms with Crippen LogP contribution in [0.5, 0.6) is 0 Å². The number of esters is 3. The first kappa shape index (κ1) is 22.6. The Labute approximate surface area is 175 Å². The summed E-state index contributed by atoms with van der Waals surface area (Å²) in [5, 5.41) is 0. The van der Waals surface area contributed by atoms with Crippen molar-refractivity contribution in [2.45, 2.75) is 20.3 Å². The van der Waals surface area contributed by atoms with Crippen molar-refractivity contribution in [2.24, 2.45) is 0 Å². The number of carbonyl (C=O) groups is 3. The zero-order chi connectivity index (χ0) is 21.9. The molecule has 2 aromatic rings. The summed E-state index contributed by atoms with van der Waals surface area (Å²) in [4.78, 5) is 37.5. The predicted molar refractivity (Wildman–Crippen MR) is 112 cm³/mol. The summed E-state index contributed by atoms with van der Waals surface area (Å²) in [6, 6.07) is 17.1. The quantitative estimate of drug-likeness (QED) is 0.266. The van der Waals surface area contributed by atoms with E-state index < -0.39 is 17.9 Å². The average molecular weight is 408 g/mol. The van der Waals surface area contributed by atoms with E-state index in [1.807, 2.05) is 0 Å². The van der Waals surface area contributed by atoms with Gasteiger partial charge >= 0.3 is 17.9 Å². The number of rotatable bonds is 9. The minimum atomic E-state index is -0.706. The molecule has 6 nitrogen and oxygen atoms in total. The van der Waals surface area contributed by atoms with Crippen molar-refractivity contribution in [3.05, 3.63) is 89.5 Å². The molecule has 0 bridgehead atoms. The number of hydrogen-bond acceptors (Lipinski definition) is 6. The first-order valence-corrected chi connectivity index (χ1v) is 9.55. The molecule has 0 heterocycles. The molecule has 30 heavy (non-hydrogen) atoms. The molecule has 6 heteroatoms. The van der Waals surface area contributed by atoms with Crippen molar-refractivity contribution >= 4 is 23.7 Å². The Morgan fingerprint density at radius 2 is 1.27 bits per heavy atom. The summed E-state index contributed by atoms with van der Waals surface area (Å²) >= 11 is 0. The van der Waals surface area contributed by atoms with E-state index in [0.717, 1.165) is 0 Å². The monoisotopic (exact) mass is 408 g/mol. The van der Waals surface area contributed by atoms with Gasteiger partial charge in [-0.05, 0) is 26.0 Å². The van der Waals surface area contributed by atoms with E-state index in [1.165, 1.54) is 0 Å². The van der Waals surface area contributed by atoms with Gasteiger partial charge in [0.25, 0.3) is 0 Å². The minimum absolute atomic E-state index is 0.00499. The molecule has 0 saturated heterocycles. The molecule has 0 fully saturated rings. The number of carbonyl (C=O) groups excluding carboxylic acids is 3. The summed E-state index contributed by atoms with van der Waals surface area (Å²) in [7, 11) is 0. The summed E-state index contributed by atoms with van der Waals surface area (Å²) < 4.78 is 15.8. The fraction of sp³-hybridized carbons (Fsp3) is 0.208. The van der Waals surface area contributed by atoms with Gasteiger partial charge in [0, 0.05) is 17.6 Å². The normalized spacial score (nSPS) is 11.1. The van der Waals surface area contributed by atoms with E-state index in [9.17, 15) is 14.4 Å². The van der Waals surface area contributed by atoms with Gasteiger partial charge in [-0.3, -0.25) is 0 Å².